The van der Waals surface area contributed by atoms with Crippen LogP contribution >= 0.6 is 0 Å². The van der Waals surface area contributed by atoms with Gasteiger partial charge in [0.05, 0.1) is 5.57 Å². The molecule has 0 saturated heterocycles. The van der Waals surface area contributed by atoms with Gasteiger partial charge in [-0.1, -0.05) is 114 Å². The SMILES string of the molecule is C#Cc1ncc(C(=C/C(=C\C)C(F)(F)F)/C(=C/C)C(C)O/C(=C/CC)NC(CCC)C(=O)Nc2ccccc2C(=C)c2ccccc2)cn1.CCCC. The summed E-state index contributed by atoms with van der Waals surface area (Å²) in [4.78, 5) is 22.0. The fourth-order valence-electron chi connectivity index (χ4n) is 5.15. The largest absolute Gasteiger partial charge is 0.472 e. The first-order valence-electron chi connectivity index (χ1n) is 18.1. The number of anilines is 1. The molecule has 2 aromatic carbocycles. The number of terminal acetylenes is 1. The molecule has 282 valence electrons. The van der Waals surface area contributed by atoms with Crippen molar-refractivity contribution in [3.05, 3.63) is 137 Å². The molecule has 0 aliphatic rings. The van der Waals surface area contributed by atoms with Crippen LogP contribution < -0.4 is 10.6 Å². The summed E-state index contributed by atoms with van der Waals surface area (Å²) in [6.45, 7) is 17.3. The summed E-state index contributed by atoms with van der Waals surface area (Å²) < 4.78 is 48.1. The Labute approximate surface area is 314 Å². The lowest BCUT2D eigenvalue weighted by atomic mass is 9.93. The number of para-hydroxylation sites is 1. The molecule has 0 radical (unpaired) electrons. The van der Waals surface area contributed by atoms with E-state index in [0.717, 1.165) is 28.9 Å². The lowest BCUT2D eigenvalue weighted by molar-refractivity contribution is -0.118. The maximum atomic E-state index is 13.9. The molecule has 0 bridgehead atoms. The molecular weight excluding hydrogens is 674 g/mol. The third-order valence-electron chi connectivity index (χ3n) is 8.13. The molecule has 0 aliphatic heterocycles. The summed E-state index contributed by atoms with van der Waals surface area (Å²) in [7, 11) is 0. The first-order chi connectivity index (χ1) is 25.4. The van der Waals surface area contributed by atoms with Crippen LogP contribution in [0.4, 0.5) is 18.9 Å². The molecule has 0 spiro atoms. The van der Waals surface area contributed by atoms with Gasteiger partial charge in [-0.2, -0.15) is 13.2 Å². The molecule has 1 heterocycles. The van der Waals surface area contributed by atoms with Gasteiger partial charge in [0, 0.05) is 29.2 Å². The Kier molecular flexibility index (Phi) is 18.6. The van der Waals surface area contributed by atoms with E-state index in [1.807, 2.05) is 68.4 Å². The predicted molar refractivity (Wildman–Crippen MR) is 212 cm³/mol. The van der Waals surface area contributed by atoms with Gasteiger partial charge in [0.25, 0.3) is 0 Å². The summed E-state index contributed by atoms with van der Waals surface area (Å²) in [5.74, 6) is 2.49. The molecule has 3 aromatic rings. The van der Waals surface area contributed by atoms with E-state index in [1.165, 1.54) is 32.2 Å². The van der Waals surface area contributed by atoms with Crippen LogP contribution in [0.2, 0.25) is 0 Å². The summed E-state index contributed by atoms with van der Waals surface area (Å²) in [6, 6.07) is 16.5. The third kappa shape index (κ3) is 13.6. The van der Waals surface area contributed by atoms with Crippen LogP contribution in [0.1, 0.15) is 103 Å². The number of aromatic nitrogens is 2. The van der Waals surface area contributed by atoms with Crippen molar-refractivity contribution in [2.45, 2.75) is 98.9 Å². The zero-order valence-corrected chi connectivity index (χ0v) is 32.0. The molecule has 1 aromatic heterocycles. The lowest BCUT2D eigenvalue weighted by Crippen LogP contribution is -2.41. The summed E-state index contributed by atoms with van der Waals surface area (Å²) in [5.41, 5.74) is 3.29. The number of unbranched alkanes of at least 4 members (excludes halogenated alkanes) is 1. The molecule has 3 rings (SSSR count). The normalized spacial score (nSPS) is 13.5. The van der Waals surface area contributed by atoms with E-state index in [-0.39, 0.29) is 17.3 Å². The second-order valence-corrected chi connectivity index (χ2v) is 12.1. The van der Waals surface area contributed by atoms with Gasteiger partial charge in [0.15, 0.2) is 5.88 Å². The Morgan fingerprint density at radius 3 is 2.09 bits per heavy atom. The molecule has 53 heavy (non-hydrogen) atoms. The van der Waals surface area contributed by atoms with Crippen molar-refractivity contribution in [1.82, 2.24) is 15.3 Å². The maximum Gasteiger partial charge on any atom is 0.416 e. The van der Waals surface area contributed by atoms with Gasteiger partial charge < -0.3 is 15.4 Å². The quantitative estimate of drug-likeness (QED) is 0.0873. The summed E-state index contributed by atoms with van der Waals surface area (Å²) in [5, 5.41) is 6.32. The monoisotopic (exact) mass is 726 g/mol. The molecule has 0 aliphatic carbocycles. The molecule has 6 nitrogen and oxygen atoms in total. The minimum Gasteiger partial charge on any atom is -0.472 e. The Morgan fingerprint density at radius 2 is 1.57 bits per heavy atom. The van der Waals surface area contributed by atoms with Crippen LogP contribution in [0.15, 0.2) is 115 Å². The van der Waals surface area contributed by atoms with Gasteiger partial charge in [-0.25, -0.2) is 9.97 Å². The third-order valence-corrected chi connectivity index (χ3v) is 8.13. The topological polar surface area (TPSA) is 76.1 Å². The van der Waals surface area contributed by atoms with E-state index in [0.29, 0.717) is 42.0 Å². The van der Waals surface area contributed by atoms with Crippen LogP contribution in [0.25, 0.3) is 11.1 Å². The fourth-order valence-corrected chi connectivity index (χ4v) is 5.15. The molecular formula is C44H53F3N4O2. The van der Waals surface area contributed by atoms with Gasteiger partial charge >= 0.3 is 6.18 Å². The van der Waals surface area contributed by atoms with Crippen molar-refractivity contribution in [2.24, 2.45) is 0 Å². The van der Waals surface area contributed by atoms with Crippen molar-refractivity contribution in [3.63, 3.8) is 0 Å². The number of nitrogens with zero attached hydrogens (tertiary/aromatic N) is 2. The number of allylic oxidation sites excluding steroid dienone is 5. The second-order valence-electron chi connectivity index (χ2n) is 12.1. The van der Waals surface area contributed by atoms with Gasteiger partial charge in [-0.3, -0.25) is 4.79 Å². The first-order valence-corrected chi connectivity index (χ1v) is 18.1. The number of amides is 1. The highest BCUT2D eigenvalue weighted by molar-refractivity contribution is 5.98. The molecule has 0 fully saturated rings. The highest BCUT2D eigenvalue weighted by atomic mass is 19.4. The number of alkyl halides is 3. The minimum absolute atomic E-state index is 0.112. The number of carbonyl (C=O) groups excluding carboxylic acids is 1. The van der Waals surface area contributed by atoms with Crippen LogP contribution in [0, 0.1) is 12.3 Å². The van der Waals surface area contributed by atoms with E-state index < -0.39 is 23.9 Å². The Bertz CT molecular complexity index is 1780. The molecule has 2 atom stereocenters. The van der Waals surface area contributed by atoms with Crippen molar-refractivity contribution >= 4 is 22.7 Å². The Hall–Kier alpha value is -5.36. The minimum atomic E-state index is -4.59. The number of hydrogen-bond acceptors (Lipinski definition) is 5. The lowest BCUT2D eigenvalue weighted by Gasteiger charge is -2.26. The zero-order valence-electron chi connectivity index (χ0n) is 32.0. The van der Waals surface area contributed by atoms with Crippen LogP contribution in [0.3, 0.4) is 0 Å². The predicted octanol–water partition coefficient (Wildman–Crippen LogP) is 11.2. The van der Waals surface area contributed by atoms with E-state index in [1.54, 1.807) is 26.0 Å². The molecule has 2 N–H and O–H groups in total. The Morgan fingerprint density at radius 1 is 0.943 bits per heavy atom. The van der Waals surface area contributed by atoms with Gasteiger partial charge in [0.2, 0.25) is 11.7 Å². The molecule has 0 saturated carbocycles. The number of nitrogens with one attached hydrogen (secondary N) is 2. The summed E-state index contributed by atoms with van der Waals surface area (Å²) >= 11 is 0. The highest BCUT2D eigenvalue weighted by Gasteiger charge is 2.33. The number of hydrogen-bond donors (Lipinski definition) is 2. The molecule has 1 amide bonds. The number of benzene rings is 2. The average Bonchev–Trinajstić information content (AvgIpc) is 3.16. The molecule has 9 heteroatoms. The fraction of sp³-hybridized carbons (Fsp3) is 0.341. The Balaban J connectivity index is 0.00000231. The average molecular weight is 727 g/mol. The van der Waals surface area contributed by atoms with Crippen molar-refractivity contribution in [3.8, 4) is 12.3 Å². The zero-order chi connectivity index (χ0) is 39.4. The standard InChI is InChI=1S/C40H43F3N4O2.C4H10/c1-8-18-36(39(48)47-35-23-17-16-22-33(35)27(6)29-20-14-13-15-21-29)46-38(19-9-2)49-28(7)32(11-4)34(24-31(10-3)40(41,42)43)30-25-44-37(12-5)45-26-30;1-3-4-2/h5,10-11,13-17,19-26,28,36,46H,6,8-9,18H2,1-4,7H3,(H,47,48);3-4H2,1-2H3/b31-10+,32-11+,34-24-,38-19+;. The van der Waals surface area contributed by atoms with E-state index in [9.17, 15) is 18.0 Å². The van der Waals surface area contributed by atoms with Gasteiger partial charge in [0.1, 0.15) is 12.1 Å². The highest BCUT2D eigenvalue weighted by Crippen LogP contribution is 2.34. The van der Waals surface area contributed by atoms with Crippen LogP contribution in [-0.4, -0.2) is 34.2 Å². The number of carbonyl (C=O) groups is 1. The smallest absolute Gasteiger partial charge is 0.416 e. The van der Waals surface area contributed by atoms with Crippen molar-refractivity contribution < 1.29 is 22.7 Å². The molecule has 2 unspecified atom stereocenters. The number of rotatable bonds is 16. The summed E-state index contributed by atoms with van der Waals surface area (Å²) in [6.07, 6.45) is 12.8. The van der Waals surface area contributed by atoms with Crippen molar-refractivity contribution in [1.29, 1.82) is 0 Å². The first kappa shape index (κ1) is 43.8. The van der Waals surface area contributed by atoms with Crippen LogP contribution in [0.5, 0.6) is 0 Å². The van der Waals surface area contributed by atoms with Crippen LogP contribution in [-0.2, 0) is 9.53 Å². The number of ether oxygens (including phenoxy) is 1. The van der Waals surface area contributed by atoms with E-state index >= 15 is 0 Å². The van der Waals surface area contributed by atoms with Gasteiger partial charge in [-0.05, 0) is 80.0 Å². The number of halogens is 3. The maximum absolute atomic E-state index is 13.9. The van der Waals surface area contributed by atoms with E-state index in [2.05, 4.69) is 46.9 Å². The van der Waals surface area contributed by atoms with E-state index in [4.69, 9.17) is 11.2 Å². The van der Waals surface area contributed by atoms with Crippen molar-refractivity contribution in [2.75, 3.05) is 5.32 Å². The van der Waals surface area contributed by atoms with Gasteiger partial charge in [-0.15, -0.1) is 6.42 Å². The second kappa shape index (κ2) is 22.5.